The molecule has 2 aromatic rings. The Morgan fingerprint density at radius 3 is 2.57 bits per heavy atom. The summed E-state index contributed by atoms with van der Waals surface area (Å²) in [7, 11) is 0. The molecule has 2 rings (SSSR count). The van der Waals surface area contributed by atoms with Gasteiger partial charge in [-0.1, -0.05) is 31.5 Å². The number of rotatable bonds is 8. The number of hydrogen-bond acceptors (Lipinski definition) is 5. The number of likely N-dealkylation sites (N-methyl/N-ethyl adjacent to an activating group) is 1. The van der Waals surface area contributed by atoms with Crippen molar-refractivity contribution in [1.29, 1.82) is 0 Å². The molecule has 2 N–H and O–H groups in total. The zero-order valence-electron chi connectivity index (χ0n) is 13.9. The highest BCUT2D eigenvalue weighted by molar-refractivity contribution is 7.14. The standard InChI is InChI=1S/C17H24N4OS/c1-4-21(5-2)11-10-18-16(22)15-12-23-17(20-15)19-14-8-6-13(3)7-9-14/h6-9,12H,4-5,10-11H2,1-3H3,(H,18,22)(H,19,20). The van der Waals surface area contributed by atoms with Crippen molar-refractivity contribution in [2.45, 2.75) is 20.8 Å². The highest BCUT2D eigenvalue weighted by atomic mass is 32.1. The lowest BCUT2D eigenvalue weighted by molar-refractivity contribution is 0.0944. The minimum absolute atomic E-state index is 0.120. The number of anilines is 2. The highest BCUT2D eigenvalue weighted by Gasteiger charge is 2.11. The molecule has 23 heavy (non-hydrogen) atoms. The maximum absolute atomic E-state index is 12.1. The van der Waals surface area contributed by atoms with Crippen molar-refractivity contribution >= 4 is 28.1 Å². The summed E-state index contributed by atoms with van der Waals surface area (Å²) >= 11 is 1.43. The lowest BCUT2D eigenvalue weighted by atomic mass is 10.2. The number of nitrogens with one attached hydrogen (secondary N) is 2. The number of aryl methyl sites for hydroxylation is 1. The van der Waals surface area contributed by atoms with E-state index in [1.54, 1.807) is 5.38 Å². The molecule has 0 aliphatic carbocycles. The molecule has 0 aliphatic heterocycles. The molecule has 1 aromatic carbocycles. The first-order valence-corrected chi connectivity index (χ1v) is 8.80. The van der Waals surface area contributed by atoms with Crippen molar-refractivity contribution in [2.24, 2.45) is 0 Å². The first-order valence-electron chi connectivity index (χ1n) is 7.92. The van der Waals surface area contributed by atoms with Gasteiger partial charge < -0.3 is 15.5 Å². The third-order valence-corrected chi connectivity index (χ3v) is 4.41. The third kappa shape index (κ3) is 5.33. The zero-order valence-corrected chi connectivity index (χ0v) is 14.7. The maximum Gasteiger partial charge on any atom is 0.270 e. The van der Waals surface area contributed by atoms with E-state index in [1.165, 1.54) is 16.9 Å². The van der Waals surface area contributed by atoms with E-state index >= 15 is 0 Å². The molecule has 1 amide bonds. The molecule has 124 valence electrons. The average Bonchev–Trinajstić information content (AvgIpc) is 3.02. The van der Waals surface area contributed by atoms with Gasteiger partial charge in [-0.3, -0.25) is 4.79 Å². The van der Waals surface area contributed by atoms with Gasteiger partial charge in [0.15, 0.2) is 5.13 Å². The van der Waals surface area contributed by atoms with Gasteiger partial charge in [0.2, 0.25) is 0 Å². The third-order valence-electron chi connectivity index (χ3n) is 3.65. The fourth-order valence-corrected chi connectivity index (χ4v) is 2.86. The summed E-state index contributed by atoms with van der Waals surface area (Å²) in [5, 5.41) is 8.64. The van der Waals surface area contributed by atoms with Crippen molar-refractivity contribution in [2.75, 3.05) is 31.5 Å². The number of amides is 1. The summed E-state index contributed by atoms with van der Waals surface area (Å²) in [6.45, 7) is 9.77. The minimum Gasteiger partial charge on any atom is -0.349 e. The first kappa shape index (κ1) is 17.4. The Bertz CT molecular complexity index is 620. The fourth-order valence-electron chi connectivity index (χ4n) is 2.15. The van der Waals surface area contributed by atoms with Gasteiger partial charge in [-0.05, 0) is 32.1 Å². The van der Waals surface area contributed by atoms with Crippen molar-refractivity contribution in [1.82, 2.24) is 15.2 Å². The second-order valence-corrected chi connectivity index (χ2v) is 6.17. The topological polar surface area (TPSA) is 57.3 Å². The Morgan fingerprint density at radius 1 is 1.22 bits per heavy atom. The molecule has 0 saturated carbocycles. The predicted octanol–water partition coefficient (Wildman–Crippen LogP) is 3.27. The maximum atomic E-state index is 12.1. The number of thiazole rings is 1. The molecule has 1 aromatic heterocycles. The molecule has 0 aliphatic rings. The van der Waals surface area contributed by atoms with Gasteiger partial charge >= 0.3 is 0 Å². The van der Waals surface area contributed by atoms with Crippen LogP contribution in [0.1, 0.15) is 29.9 Å². The van der Waals surface area contributed by atoms with Gasteiger partial charge in [-0.2, -0.15) is 0 Å². The van der Waals surface area contributed by atoms with Crippen LogP contribution in [0.2, 0.25) is 0 Å². The minimum atomic E-state index is -0.120. The molecule has 0 saturated heterocycles. The zero-order chi connectivity index (χ0) is 16.7. The van der Waals surface area contributed by atoms with E-state index in [2.05, 4.69) is 34.4 Å². The van der Waals surface area contributed by atoms with Crippen LogP contribution in [-0.2, 0) is 0 Å². The quantitative estimate of drug-likeness (QED) is 0.779. The van der Waals surface area contributed by atoms with Gasteiger partial charge in [0, 0.05) is 24.2 Å². The Kier molecular flexibility index (Phi) is 6.55. The molecule has 0 bridgehead atoms. The van der Waals surface area contributed by atoms with Crippen LogP contribution in [0.4, 0.5) is 10.8 Å². The van der Waals surface area contributed by atoms with E-state index in [-0.39, 0.29) is 5.91 Å². The molecular weight excluding hydrogens is 308 g/mol. The van der Waals surface area contributed by atoms with Crippen LogP contribution in [0.3, 0.4) is 0 Å². The number of nitrogens with zero attached hydrogens (tertiary/aromatic N) is 2. The van der Waals surface area contributed by atoms with E-state index in [4.69, 9.17) is 0 Å². The van der Waals surface area contributed by atoms with Crippen LogP contribution in [0.5, 0.6) is 0 Å². The van der Waals surface area contributed by atoms with Crippen molar-refractivity contribution in [3.05, 3.63) is 40.9 Å². The van der Waals surface area contributed by atoms with Crippen LogP contribution in [0.25, 0.3) is 0 Å². The molecule has 0 unspecified atom stereocenters. The van der Waals surface area contributed by atoms with Crippen molar-refractivity contribution in [3.63, 3.8) is 0 Å². The SMILES string of the molecule is CCN(CC)CCNC(=O)c1csc(Nc2ccc(C)cc2)n1. The van der Waals surface area contributed by atoms with Crippen molar-refractivity contribution < 1.29 is 4.79 Å². The van der Waals surface area contributed by atoms with Crippen molar-refractivity contribution in [3.8, 4) is 0 Å². The lowest BCUT2D eigenvalue weighted by Gasteiger charge is -2.17. The van der Waals surface area contributed by atoms with Crippen LogP contribution < -0.4 is 10.6 Å². The first-order chi connectivity index (χ1) is 11.1. The fraction of sp³-hybridized carbons (Fsp3) is 0.412. The molecule has 6 heteroatoms. The Morgan fingerprint density at radius 2 is 1.91 bits per heavy atom. The van der Waals surface area contributed by atoms with Gasteiger partial charge in [0.25, 0.3) is 5.91 Å². The monoisotopic (exact) mass is 332 g/mol. The van der Waals surface area contributed by atoms with Gasteiger partial charge in [0.05, 0.1) is 0 Å². The second-order valence-electron chi connectivity index (χ2n) is 5.31. The summed E-state index contributed by atoms with van der Waals surface area (Å²) in [5.74, 6) is -0.120. The molecule has 0 fully saturated rings. The number of hydrogen-bond donors (Lipinski definition) is 2. The lowest BCUT2D eigenvalue weighted by Crippen LogP contribution is -2.34. The second kappa shape index (κ2) is 8.64. The number of carbonyl (C=O) groups excluding carboxylic acids is 1. The number of benzene rings is 1. The van der Waals surface area contributed by atoms with E-state index in [0.717, 1.165) is 30.5 Å². The Hall–Kier alpha value is -1.92. The summed E-state index contributed by atoms with van der Waals surface area (Å²) in [6.07, 6.45) is 0. The number of aromatic nitrogens is 1. The summed E-state index contributed by atoms with van der Waals surface area (Å²) in [5.41, 5.74) is 2.64. The summed E-state index contributed by atoms with van der Waals surface area (Å²) < 4.78 is 0. The normalized spacial score (nSPS) is 10.8. The molecular formula is C17H24N4OS. The van der Waals surface area contributed by atoms with E-state index < -0.39 is 0 Å². The molecule has 1 heterocycles. The number of carbonyl (C=O) groups is 1. The molecule has 0 spiro atoms. The highest BCUT2D eigenvalue weighted by Crippen LogP contribution is 2.21. The van der Waals surface area contributed by atoms with Crippen LogP contribution in [0, 0.1) is 6.92 Å². The van der Waals surface area contributed by atoms with Gasteiger partial charge in [-0.15, -0.1) is 11.3 Å². The average molecular weight is 332 g/mol. The van der Waals surface area contributed by atoms with Crippen LogP contribution in [0.15, 0.2) is 29.6 Å². The Balaban J connectivity index is 1.85. The Labute approximate surface area is 141 Å². The molecule has 0 radical (unpaired) electrons. The molecule has 0 atom stereocenters. The van der Waals surface area contributed by atoms with Crippen LogP contribution >= 0.6 is 11.3 Å². The van der Waals surface area contributed by atoms with Crippen LogP contribution in [-0.4, -0.2) is 42.0 Å². The van der Waals surface area contributed by atoms with E-state index in [9.17, 15) is 4.79 Å². The summed E-state index contributed by atoms with van der Waals surface area (Å²) in [6, 6.07) is 8.08. The van der Waals surface area contributed by atoms with Gasteiger partial charge in [0.1, 0.15) is 5.69 Å². The summed E-state index contributed by atoms with van der Waals surface area (Å²) in [4.78, 5) is 18.7. The van der Waals surface area contributed by atoms with Gasteiger partial charge in [-0.25, -0.2) is 4.98 Å². The van der Waals surface area contributed by atoms with E-state index in [1.807, 2.05) is 31.2 Å². The molecule has 5 nitrogen and oxygen atoms in total. The smallest absolute Gasteiger partial charge is 0.270 e. The largest absolute Gasteiger partial charge is 0.349 e. The predicted molar refractivity (Wildman–Crippen MR) is 96.7 cm³/mol. The van der Waals surface area contributed by atoms with E-state index in [0.29, 0.717) is 12.2 Å².